The van der Waals surface area contributed by atoms with E-state index in [1.807, 2.05) is 6.92 Å². The average molecular weight is 290 g/mol. The van der Waals surface area contributed by atoms with Crippen LogP contribution in [-0.4, -0.2) is 12.5 Å². The zero-order valence-electron chi connectivity index (χ0n) is 12.7. The molecular formula is C17H23FN2O. The van der Waals surface area contributed by atoms with Crippen LogP contribution in [0.1, 0.15) is 45.1 Å². The predicted octanol–water partition coefficient (Wildman–Crippen LogP) is 3.29. The number of rotatable bonds is 6. The van der Waals surface area contributed by atoms with Gasteiger partial charge >= 0.3 is 0 Å². The fourth-order valence-corrected chi connectivity index (χ4v) is 2.06. The van der Waals surface area contributed by atoms with Crippen molar-refractivity contribution in [2.45, 2.75) is 39.5 Å². The van der Waals surface area contributed by atoms with Gasteiger partial charge in [0.1, 0.15) is 5.82 Å². The summed E-state index contributed by atoms with van der Waals surface area (Å²) in [5.74, 6) is 4.74. The molecule has 114 valence electrons. The number of benzene rings is 1. The van der Waals surface area contributed by atoms with E-state index in [0.29, 0.717) is 5.69 Å². The first kappa shape index (κ1) is 17.2. The molecule has 0 saturated carbocycles. The number of nitrogens with one attached hydrogen (secondary N) is 1. The first-order valence-electron chi connectivity index (χ1n) is 7.41. The number of carbonyl (C=O) groups excluding carboxylic acids is 1. The molecule has 1 atom stereocenters. The highest BCUT2D eigenvalue weighted by atomic mass is 19.1. The van der Waals surface area contributed by atoms with E-state index < -0.39 is 5.82 Å². The van der Waals surface area contributed by atoms with E-state index in [1.165, 1.54) is 6.07 Å². The molecule has 0 aliphatic rings. The Bertz CT molecular complexity index is 531. The number of halogens is 1. The van der Waals surface area contributed by atoms with Gasteiger partial charge in [0.05, 0.1) is 12.1 Å². The summed E-state index contributed by atoms with van der Waals surface area (Å²) in [6.45, 7) is 4.28. The van der Waals surface area contributed by atoms with Crippen molar-refractivity contribution in [3.05, 3.63) is 29.6 Å². The molecule has 0 aliphatic heterocycles. The quantitative estimate of drug-likeness (QED) is 0.790. The third-order valence-corrected chi connectivity index (χ3v) is 3.33. The molecule has 3 nitrogen and oxygen atoms in total. The van der Waals surface area contributed by atoms with Gasteiger partial charge in [-0.2, -0.15) is 0 Å². The minimum absolute atomic E-state index is 0.0234. The molecular weight excluding hydrogens is 267 g/mol. The molecule has 1 rings (SSSR count). The van der Waals surface area contributed by atoms with Crippen LogP contribution >= 0.6 is 0 Å². The van der Waals surface area contributed by atoms with E-state index in [0.717, 1.165) is 25.7 Å². The Hall–Kier alpha value is -1.86. The number of amides is 1. The van der Waals surface area contributed by atoms with Crippen molar-refractivity contribution >= 4 is 11.6 Å². The molecule has 1 amide bonds. The summed E-state index contributed by atoms with van der Waals surface area (Å²) >= 11 is 0. The monoisotopic (exact) mass is 290 g/mol. The number of hydrogen-bond donors (Lipinski definition) is 2. The second-order valence-corrected chi connectivity index (χ2v) is 4.94. The summed E-state index contributed by atoms with van der Waals surface area (Å²) in [6.07, 6.45) is 3.73. The lowest BCUT2D eigenvalue weighted by Gasteiger charge is -2.14. The Morgan fingerprint density at radius 2 is 2.19 bits per heavy atom. The van der Waals surface area contributed by atoms with Crippen LogP contribution in [0.5, 0.6) is 0 Å². The molecule has 0 heterocycles. The van der Waals surface area contributed by atoms with Crippen LogP contribution in [0.25, 0.3) is 0 Å². The number of hydrogen-bond acceptors (Lipinski definition) is 2. The minimum Gasteiger partial charge on any atom is -0.326 e. The van der Waals surface area contributed by atoms with Gasteiger partial charge in [-0.25, -0.2) is 4.39 Å². The predicted molar refractivity (Wildman–Crippen MR) is 84.3 cm³/mol. The van der Waals surface area contributed by atoms with Crippen molar-refractivity contribution in [1.82, 2.24) is 0 Å². The van der Waals surface area contributed by atoms with Crippen LogP contribution in [0.2, 0.25) is 0 Å². The fraction of sp³-hybridized carbons (Fsp3) is 0.471. The largest absolute Gasteiger partial charge is 0.326 e. The van der Waals surface area contributed by atoms with Crippen molar-refractivity contribution < 1.29 is 9.18 Å². The summed E-state index contributed by atoms with van der Waals surface area (Å²) in [7, 11) is 0. The van der Waals surface area contributed by atoms with Crippen molar-refractivity contribution in [2.75, 3.05) is 11.9 Å². The van der Waals surface area contributed by atoms with Gasteiger partial charge in [0, 0.05) is 11.6 Å². The van der Waals surface area contributed by atoms with E-state index in [1.54, 1.807) is 12.1 Å². The molecule has 4 heteroatoms. The molecule has 0 radical (unpaired) electrons. The smallest absolute Gasteiger partial charge is 0.227 e. The van der Waals surface area contributed by atoms with Gasteiger partial charge in [-0.3, -0.25) is 4.79 Å². The Labute approximate surface area is 126 Å². The molecule has 0 aromatic heterocycles. The van der Waals surface area contributed by atoms with Crippen LogP contribution < -0.4 is 11.1 Å². The van der Waals surface area contributed by atoms with E-state index in [9.17, 15) is 9.18 Å². The molecule has 1 aromatic rings. The van der Waals surface area contributed by atoms with Gasteiger partial charge in [-0.05, 0) is 31.0 Å². The molecule has 0 aliphatic carbocycles. The lowest BCUT2D eigenvalue weighted by molar-refractivity contribution is -0.120. The van der Waals surface area contributed by atoms with Crippen molar-refractivity contribution in [2.24, 2.45) is 11.7 Å². The van der Waals surface area contributed by atoms with E-state index in [2.05, 4.69) is 24.1 Å². The average Bonchev–Trinajstić information content (AvgIpc) is 2.47. The van der Waals surface area contributed by atoms with Crippen LogP contribution in [0.15, 0.2) is 18.2 Å². The Kier molecular flexibility index (Phi) is 7.49. The standard InChI is InChI=1S/C17H23FN2O/c1-3-5-7-13(4-2)17(21)20-15-10-9-14(8-6-11-19)16(18)12-15/h9-10,12-13H,3-5,7,11,19H2,1-2H3,(H,20,21). The van der Waals surface area contributed by atoms with Crippen LogP contribution in [0.4, 0.5) is 10.1 Å². The van der Waals surface area contributed by atoms with Gasteiger partial charge in [-0.1, -0.05) is 38.5 Å². The molecule has 3 N–H and O–H groups in total. The summed E-state index contributed by atoms with van der Waals surface area (Å²) in [4.78, 5) is 12.1. The highest BCUT2D eigenvalue weighted by Crippen LogP contribution is 2.18. The highest BCUT2D eigenvalue weighted by molar-refractivity contribution is 5.92. The van der Waals surface area contributed by atoms with Gasteiger partial charge in [-0.15, -0.1) is 0 Å². The highest BCUT2D eigenvalue weighted by Gasteiger charge is 2.16. The molecule has 1 unspecified atom stereocenters. The van der Waals surface area contributed by atoms with Gasteiger partial charge in [0.15, 0.2) is 0 Å². The van der Waals surface area contributed by atoms with Gasteiger partial charge in [0.25, 0.3) is 0 Å². The maximum Gasteiger partial charge on any atom is 0.227 e. The molecule has 0 bridgehead atoms. The Balaban J connectivity index is 2.74. The summed E-state index contributed by atoms with van der Waals surface area (Å²) in [5, 5.41) is 2.77. The molecule has 1 aromatic carbocycles. The minimum atomic E-state index is -0.449. The van der Waals surface area contributed by atoms with Crippen LogP contribution in [0, 0.1) is 23.6 Å². The molecule has 21 heavy (non-hydrogen) atoms. The zero-order valence-corrected chi connectivity index (χ0v) is 12.7. The molecule has 0 saturated heterocycles. The first-order chi connectivity index (χ1) is 10.1. The van der Waals surface area contributed by atoms with Crippen molar-refractivity contribution in [3.8, 4) is 11.8 Å². The Morgan fingerprint density at radius 3 is 2.76 bits per heavy atom. The van der Waals surface area contributed by atoms with Crippen LogP contribution in [0.3, 0.4) is 0 Å². The lowest BCUT2D eigenvalue weighted by atomic mass is 9.98. The third kappa shape index (κ3) is 5.57. The van der Waals surface area contributed by atoms with E-state index in [4.69, 9.17) is 5.73 Å². The lowest BCUT2D eigenvalue weighted by Crippen LogP contribution is -2.22. The summed E-state index contributed by atoms with van der Waals surface area (Å²) in [6, 6.07) is 4.51. The number of carbonyl (C=O) groups is 1. The zero-order chi connectivity index (χ0) is 15.7. The topological polar surface area (TPSA) is 55.1 Å². The second kappa shape index (κ2) is 9.15. The van der Waals surface area contributed by atoms with Gasteiger partial charge in [0.2, 0.25) is 5.91 Å². The van der Waals surface area contributed by atoms with Crippen LogP contribution in [-0.2, 0) is 4.79 Å². The Morgan fingerprint density at radius 1 is 1.43 bits per heavy atom. The number of nitrogens with two attached hydrogens (primary N) is 1. The summed E-state index contributed by atoms with van der Waals surface area (Å²) in [5.41, 5.74) is 6.01. The summed E-state index contributed by atoms with van der Waals surface area (Å²) < 4.78 is 13.8. The fourth-order valence-electron chi connectivity index (χ4n) is 2.06. The molecule has 0 spiro atoms. The maximum atomic E-state index is 13.8. The number of unbranched alkanes of at least 4 members (excludes halogenated alkanes) is 1. The molecule has 0 fully saturated rings. The number of anilines is 1. The van der Waals surface area contributed by atoms with E-state index >= 15 is 0 Å². The SMILES string of the molecule is CCCCC(CC)C(=O)Nc1ccc(C#CCN)c(F)c1. The van der Waals surface area contributed by atoms with Crippen molar-refractivity contribution in [1.29, 1.82) is 0 Å². The third-order valence-electron chi connectivity index (χ3n) is 3.33. The maximum absolute atomic E-state index is 13.8. The van der Waals surface area contributed by atoms with Gasteiger partial charge < -0.3 is 11.1 Å². The normalized spacial score (nSPS) is 11.4. The second-order valence-electron chi connectivity index (χ2n) is 4.94. The first-order valence-corrected chi connectivity index (χ1v) is 7.41. The van der Waals surface area contributed by atoms with Crippen molar-refractivity contribution in [3.63, 3.8) is 0 Å². The van der Waals surface area contributed by atoms with E-state index in [-0.39, 0.29) is 23.9 Å².